The minimum atomic E-state index is -0.583. The summed E-state index contributed by atoms with van der Waals surface area (Å²) >= 11 is 0. The molecule has 1 N–H and O–H groups in total. The van der Waals surface area contributed by atoms with Gasteiger partial charge in [-0.2, -0.15) is 0 Å². The minimum Gasteiger partial charge on any atom is -0.444 e. The Bertz CT molecular complexity index is 686. The van der Waals surface area contributed by atoms with Crippen LogP contribution in [-0.2, 0) is 4.74 Å². The number of ether oxygens (including phenoxy) is 1. The van der Waals surface area contributed by atoms with Crippen molar-refractivity contribution in [3.05, 3.63) is 35.4 Å². The highest BCUT2D eigenvalue weighted by Crippen LogP contribution is 2.26. The van der Waals surface area contributed by atoms with Crippen LogP contribution in [0, 0.1) is 11.8 Å². The van der Waals surface area contributed by atoms with Crippen molar-refractivity contribution in [2.45, 2.75) is 59.6 Å². The molecule has 1 aromatic carbocycles. The Hall–Kier alpha value is -2.37. The van der Waals surface area contributed by atoms with Crippen LogP contribution in [-0.4, -0.2) is 41.0 Å². The highest BCUT2D eigenvalue weighted by molar-refractivity contribution is 6.21. The summed E-state index contributed by atoms with van der Waals surface area (Å²) in [6.45, 7) is 11.7. The van der Waals surface area contributed by atoms with E-state index in [0.29, 0.717) is 17.0 Å². The van der Waals surface area contributed by atoms with Crippen molar-refractivity contribution in [2.75, 3.05) is 6.54 Å². The average molecular weight is 374 g/mol. The molecule has 1 aliphatic rings. The summed E-state index contributed by atoms with van der Waals surface area (Å²) in [6.07, 6.45) is 0.274. The zero-order valence-electron chi connectivity index (χ0n) is 17.0. The summed E-state index contributed by atoms with van der Waals surface area (Å²) in [5.41, 5.74) is 0.303. The van der Waals surface area contributed by atoms with E-state index in [1.807, 2.05) is 27.7 Å². The number of alkyl carbamates (subject to hydrolysis) is 1. The van der Waals surface area contributed by atoms with Gasteiger partial charge in [0, 0.05) is 12.6 Å². The van der Waals surface area contributed by atoms with Gasteiger partial charge in [-0.15, -0.1) is 0 Å². The monoisotopic (exact) mass is 374 g/mol. The first-order valence-corrected chi connectivity index (χ1v) is 9.44. The number of nitrogens with zero attached hydrogens (tertiary/aromatic N) is 1. The normalized spacial score (nSPS) is 16.3. The molecular formula is C21H30N2O4. The van der Waals surface area contributed by atoms with Gasteiger partial charge in [-0.3, -0.25) is 14.5 Å². The van der Waals surface area contributed by atoms with Gasteiger partial charge in [0.1, 0.15) is 5.60 Å². The van der Waals surface area contributed by atoms with Crippen molar-refractivity contribution in [2.24, 2.45) is 11.8 Å². The van der Waals surface area contributed by atoms with Gasteiger partial charge in [-0.25, -0.2) is 4.79 Å². The first kappa shape index (κ1) is 20.9. The summed E-state index contributed by atoms with van der Waals surface area (Å²) in [7, 11) is 0. The smallest absolute Gasteiger partial charge is 0.407 e. The summed E-state index contributed by atoms with van der Waals surface area (Å²) < 4.78 is 5.33. The van der Waals surface area contributed by atoms with Crippen LogP contribution in [0.3, 0.4) is 0 Å². The van der Waals surface area contributed by atoms with Gasteiger partial charge < -0.3 is 10.1 Å². The van der Waals surface area contributed by atoms with E-state index in [0.717, 1.165) is 6.42 Å². The quantitative estimate of drug-likeness (QED) is 0.767. The Morgan fingerprint density at radius 2 is 1.59 bits per heavy atom. The van der Waals surface area contributed by atoms with Gasteiger partial charge in [0.2, 0.25) is 0 Å². The molecule has 1 aromatic rings. The molecular weight excluding hydrogens is 344 g/mol. The standard InChI is InChI=1S/C21H30N2O4/c1-13(2)11-15(14(3)22-20(26)27-21(4,5)6)12-23-18(24)16-9-7-8-10-17(16)19(23)25/h7-10,13-15H,11-12H2,1-6H3,(H,22,26)/t14-,15+/m1/s1. The number of imide groups is 1. The third-order valence-electron chi connectivity index (χ3n) is 4.52. The maximum Gasteiger partial charge on any atom is 0.407 e. The number of rotatable bonds is 6. The Balaban J connectivity index is 2.12. The zero-order chi connectivity index (χ0) is 20.4. The average Bonchev–Trinajstić information content (AvgIpc) is 2.77. The molecule has 0 fully saturated rings. The van der Waals surface area contributed by atoms with E-state index in [-0.39, 0.29) is 30.3 Å². The summed E-state index contributed by atoms with van der Waals surface area (Å²) in [5.74, 6) is -0.254. The van der Waals surface area contributed by atoms with Crippen molar-refractivity contribution in [3.8, 4) is 0 Å². The molecule has 2 rings (SSSR count). The molecule has 0 spiro atoms. The Morgan fingerprint density at radius 1 is 1.07 bits per heavy atom. The lowest BCUT2D eigenvalue weighted by atomic mass is 9.90. The van der Waals surface area contributed by atoms with Gasteiger partial charge in [0.15, 0.2) is 0 Å². The highest BCUT2D eigenvalue weighted by Gasteiger charge is 2.37. The number of benzene rings is 1. The molecule has 0 aliphatic carbocycles. The van der Waals surface area contributed by atoms with E-state index in [9.17, 15) is 14.4 Å². The molecule has 1 aliphatic heterocycles. The molecule has 0 saturated carbocycles. The van der Waals surface area contributed by atoms with Crippen molar-refractivity contribution in [1.82, 2.24) is 10.2 Å². The third kappa shape index (κ3) is 5.31. The van der Waals surface area contributed by atoms with Crippen molar-refractivity contribution in [3.63, 3.8) is 0 Å². The molecule has 6 heteroatoms. The number of carbonyl (C=O) groups is 3. The summed E-state index contributed by atoms with van der Waals surface area (Å²) in [5, 5.41) is 2.86. The second-order valence-corrected chi connectivity index (χ2v) is 8.59. The molecule has 6 nitrogen and oxygen atoms in total. The molecule has 1 heterocycles. The minimum absolute atomic E-state index is 0.0697. The van der Waals surface area contributed by atoms with Crippen LogP contribution in [0.1, 0.15) is 68.7 Å². The van der Waals surface area contributed by atoms with Crippen LogP contribution in [0.15, 0.2) is 24.3 Å². The van der Waals surface area contributed by atoms with Gasteiger partial charge >= 0.3 is 6.09 Å². The predicted molar refractivity (Wildman–Crippen MR) is 104 cm³/mol. The number of amides is 3. The van der Waals surface area contributed by atoms with Gasteiger partial charge in [-0.1, -0.05) is 26.0 Å². The number of carbonyl (C=O) groups excluding carboxylic acids is 3. The van der Waals surface area contributed by atoms with Crippen LogP contribution < -0.4 is 5.32 Å². The van der Waals surface area contributed by atoms with E-state index < -0.39 is 11.7 Å². The number of fused-ring (bicyclic) bond motifs is 1. The van der Waals surface area contributed by atoms with Gasteiger partial charge in [0.25, 0.3) is 11.8 Å². The Labute approximate surface area is 161 Å². The van der Waals surface area contributed by atoms with E-state index in [4.69, 9.17) is 4.74 Å². The molecule has 0 aromatic heterocycles. The fourth-order valence-corrected chi connectivity index (χ4v) is 3.29. The SMILES string of the molecule is CC(C)C[C@@H](CN1C(=O)c2ccccc2C1=O)[C@@H](C)NC(=O)OC(C)(C)C. The largest absolute Gasteiger partial charge is 0.444 e. The molecule has 0 radical (unpaired) electrons. The van der Waals surface area contributed by atoms with Crippen LogP contribution in [0.5, 0.6) is 0 Å². The fraction of sp³-hybridized carbons (Fsp3) is 0.571. The van der Waals surface area contributed by atoms with E-state index in [2.05, 4.69) is 19.2 Å². The number of hydrogen-bond donors (Lipinski definition) is 1. The van der Waals surface area contributed by atoms with E-state index in [1.165, 1.54) is 4.90 Å². The van der Waals surface area contributed by atoms with Crippen molar-refractivity contribution >= 4 is 17.9 Å². The van der Waals surface area contributed by atoms with Gasteiger partial charge in [0.05, 0.1) is 11.1 Å². The lowest BCUT2D eigenvalue weighted by molar-refractivity contribution is 0.0473. The maximum absolute atomic E-state index is 12.7. The van der Waals surface area contributed by atoms with Crippen molar-refractivity contribution < 1.29 is 19.1 Å². The fourth-order valence-electron chi connectivity index (χ4n) is 3.29. The first-order chi connectivity index (χ1) is 12.5. The Morgan fingerprint density at radius 3 is 2.04 bits per heavy atom. The van der Waals surface area contributed by atoms with E-state index >= 15 is 0 Å². The van der Waals surface area contributed by atoms with E-state index in [1.54, 1.807) is 24.3 Å². The van der Waals surface area contributed by atoms with Gasteiger partial charge in [-0.05, 0) is 58.1 Å². The maximum atomic E-state index is 12.7. The Kier molecular flexibility index (Phi) is 6.29. The second kappa shape index (κ2) is 8.11. The third-order valence-corrected chi connectivity index (χ3v) is 4.52. The molecule has 3 amide bonds. The lowest BCUT2D eigenvalue weighted by Crippen LogP contribution is -2.46. The van der Waals surface area contributed by atoms with Crippen LogP contribution in [0.25, 0.3) is 0 Å². The first-order valence-electron chi connectivity index (χ1n) is 9.44. The zero-order valence-corrected chi connectivity index (χ0v) is 17.0. The molecule has 0 unspecified atom stereocenters. The number of nitrogens with one attached hydrogen (secondary N) is 1. The second-order valence-electron chi connectivity index (χ2n) is 8.59. The van der Waals surface area contributed by atoms with Crippen LogP contribution in [0.2, 0.25) is 0 Å². The summed E-state index contributed by atoms with van der Waals surface area (Å²) in [6, 6.07) is 6.62. The molecule has 2 atom stereocenters. The molecule has 0 bridgehead atoms. The van der Waals surface area contributed by atoms with Crippen LogP contribution in [0.4, 0.5) is 4.79 Å². The lowest BCUT2D eigenvalue weighted by Gasteiger charge is -2.30. The topological polar surface area (TPSA) is 75.7 Å². The molecule has 27 heavy (non-hydrogen) atoms. The predicted octanol–water partition coefficient (Wildman–Crippen LogP) is 3.86. The summed E-state index contributed by atoms with van der Waals surface area (Å²) in [4.78, 5) is 38.7. The number of hydrogen-bond acceptors (Lipinski definition) is 4. The van der Waals surface area contributed by atoms with Crippen molar-refractivity contribution in [1.29, 1.82) is 0 Å². The molecule has 0 saturated heterocycles. The van der Waals surface area contributed by atoms with Crippen LogP contribution >= 0.6 is 0 Å². The highest BCUT2D eigenvalue weighted by atomic mass is 16.6. The molecule has 148 valence electrons.